The first-order chi connectivity index (χ1) is 15.1. The number of fused-ring (bicyclic) bond motifs is 2. The van der Waals surface area contributed by atoms with Crippen molar-refractivity contribution in [1.82, 2.24) is 14.9 Å². The molecule has 0 saturated carbocycles. The molecule has 0 spiro atoms. The summed E-state index contributed by atoms with van der Waals surface area (Å²) < 4.78 is 1.58. The van der Waals surface area contributed by atoms with Crippen molar-refractivity contribution in [3.63, 3.8) is 0 Å². The second-order valence-corrected chi connectivity index (χ2v) is 8.70. The zero-order valence-corrected chi connectivity index (χ0v) is 17.9. The van der Waals surface area contributed by atoms with Gasteiger partial charge in [0, 0.05) is 16.2 Å². The predicted octanol–water partition coefficient (Wildman–Crippen LogP) is 4.66. The topological polar surface area (TPSA) is 64.0 Å². The van der Waals surface area contributed by atoms with Crippen molar-refractivity contribution in [1.29, 1.82) is 0 Å². The largest absolute Gasteiger partial charge is 0.345 e. The minimum absolute atomic E-state index is 0.0131. The Morgan fingerprint density at radius 2 is 1.77 bits per heavy atom. The molecular formula is C25H21N3O2S. The molecule has 6 heteroatoms. The lowest BCUT2D eigenvalue weighted by Crippen LogP contribution is -2.30. The number of aromatic nitrogens is 2. The maximum Gasteiger partial charge on any atom is 0.265 e. The number of rotatable bonds is 3. The van der Waals surface area contributed by atoms with Crippen molar-refractivity contribution in [2.75, 3.05) is 5.75 Å². The van der Waals surface area contributed by atoms with Crippen LogP contribution in [0.2, 0.25) is 0 Å². The molecule has 5 rings (SSSR count). The third-order valence-electron chi connectivity index (χ3n) is 5.59. The molecule has 0 fully saturated rings. The van der Waals surface area contributed by atoms with Gasteiger partial charge in [-0.25, -0.2) is 4.98 Å². The highest BCUT2D eigenvalue weighted by Crippen LogP contribution is 2.35. The molecule has 4 aromatic rings. The second-order valence-electron chi connectivity index (χ2n) is 7.56. The Balaban J connectivity index is 1.42. The van der Waals surface area contributed by atoms with E-state index in [1.54, 1.807) is 34.9 Å². The van der Waals surface area contributed by atoms with E-state index in [2.05, 4.69) is 22.4 Å². The summed E-state index contributed by atoms with van der Waals surface area (Å²) in [7, 11) is 0. The smallest absolute Gasteiger partial charge is 0.265 e. The molecule has 154 valence electrons. The highest BCUT2D eigenvalue weighted by molar-refractivity contribution is 7.99. The Morgan fingerprint density at radius 1 is 1.03 bits per heavy atom. The van der Waals surface area contributed by atoms with E-state index in [0.717, 1.165) is 12.2 Å². The summed E-state index contributed by atoms with van der Waals surface area (Å²) in [6.45, 7) is 1.81. The van der Waals surface area contributed by atoms with Crippen LogP contribution in [0.4, 0.5) is 0 Å². The molecule has 1 aliphatic rings. The molecule has 0 unspecified atom stereocenters. The number of hydrogen-bond donors (Lipinski definition) is 1. The Labute approximate surface area is 184 Å². The van der Waals surface area contributed by atoms with Crippen LogP contribution in [0.25, 0.3) is 16.6 Å². The zero-order chi connectivity index (χ0) is 21.4. The molecule has 2 heterocycles. The molecule has 1 amide bonds. The molecule has 31 heavy (non-hydrogen) atoms. The number of thioether (sulfide) groups is 1. The Kier molecular flexibility index (Phi) is 5.08. The number of carbonyl (C=O) groups is 1. The van der Waals surface area contributed by atoms with Crippen molar-refractivity contribution in [3.8, 4) is 5.69 Å². The first kappa shape index (κ1) is 19.6. The fourth-order valence-corrected chi connectivity index (χ4v) is 5.17. The lowest BCUT2D eigenvalue weighted by atomic mass is 10.0. The van der Waals surface area contributed by atoms with Crippen molar-refractivity contribution in [2.24, 2.45) is 0 Å². The monoisotopic (exact) mass is 427 g/mol. The summed E-state index contributed by atoms with van der Waals surface area (Å²) >= 11 is 1.83. The number of amides is 1. The predicted molar refractivity (Wildman–Crippen MR) is 124 cm³/mol. The first-order valence-corrected chi connectivity index (χ1v) is 11.2. The third kappa shape index (κ3) is 3.64. The molecule has 0 bridgehead atoms. The molecule has 0 aliphatic carbocycles. The van der Waals surface area contributed by atoms with E-state index in [9.17, 15) is 9.59 Å². The van der Waals surface area contributed by atoms with Crippen LogP contribution in [0.3, 0.4) is 0 Å². The molecule has 0 radical (unpaired) electrons. The van der Waals surface area contributed by atoms with Crippen LogP contribution in [0.1, 0.15) is 34.2 Å². The van der Waals surface area contributed by atoms with Gasteiger partial charge in [0.2, 0.25) is 0 Å². The Hall–Kier alpha value is -3.38. The van der Waals surface area contributed by atoms with E-state index in [-0.39, 0.29) is 17.5 Å². The number of hydrogen-bond acceptors (Lipinski definition) is 4. The normalized spacial score (nSPS) is 15.5. The standard InChI is InChI=1S/C25H21N3O2S/c1-16-26-21-8-4-2-7-20(21)25(30)28(16)18-12-10-17(11-13-18)24(29)27-22-14-15-31-23-9-5-3-6-19(22)23/h2-13,22H,14-15H2,1H3,(H,27,29)/t22-/m0/s1. The van der Waals surface area contributed by atoms with Crippen molar-refractivity contribution in [3.05, 3.63) is 100 Å². The molecule has 1 aliphatic heterocycles. The molecule has 0 saturated heterocycles. The van der Waals surface area contributed by atoms with Gasteiger partial charge in [-0.15, -0.1) is 11.8 Å². The first-order valence-electron chi connectivity index (χ1n) is 10.2. The van der Waals surface area contributed by atoms with Crippen molar-refractivity contribution in [2.45, 2.75) is 24.3 Å². The van der Waals surface area contributed by atoms with E-state index in [0.29, 0.717) is 28.0 Å². The summed E-state index contributed by atoms with van der Waals surface area (Å²) in [5.41, 5.74) is 3.00. The van der Waals surface area contributed by atoms with Gasteiger partial charge in [0.05, 0.1) is 22.6 Å². The van der Waals surface area contributed by atoms with Crippen LogP contribution in [0.15, 0.2) is 82.5 Å². The third-order valence-corrected chi connectivity index (χ3v) is 6.72. The molecule has 5 nitrogen and oxygen atoms in total. The number of para-hydroxylation sites is 1. The lowest BCUT2D eigenvalue weighted by Gasteiger charge is -2.26. The maximum absolute atomic E-state index is 13.0. The Bertz CT molecular complexity index is 1350. The van der Waals surface area contributed by atoms with Gasteiger partial charge in [0.25, 0.3) is 11.5 Å². The van der Waals surface area contributed by atoms with E-state index in [1.165, 1.54) is 10.5 Å². The van der Waals surface area contributed by atoms with Crippen molar-refractivity contribution >= 4 is 28.6 Å². The van der Waals surface area contributed by atoms with Crippen LogP contribution in [-0.2, 0) is 0 Å². The summed E-state index contributed by atoms with van der Waals surface area (Å²) in [5, 5.41) is 3.74. The number of carbonyl (C=O) groups excluding carboxylic acids is 1. The summed E-state index contributed by atoms with van der Waals surface area (Å²) in [5.74, 6) is 1.48. The quantitative estimate of drug-likeness (QED) is 0.516. The van der Waals surface area contributed by atoms with Gasteiger partial charge in [-0.3, -0.25) is 14.2 Å². The number of nitrogens with zero attached hydrogens (tertiary/aromatic N) is 2. The van der Waals surface area contributed by atoms with Crippen LogP contribution in [0, 0.1) is 6.92 Å². The van der Waals surface area contributed by atoms with Gasteiger partial charge in [-0.1, -0.05) is 30.3 Å². The molecular weight excluding hydrogens is 406 g/mol. The maximum atomic E-state index is 13.0. The van der Waals surface area contributed by atoms with Crippen LogP contribution >= 0.6 is 11.8 Å². The summed E-state index contributed by atoms with van der Waals surface area (Å²) in [6.07, 6.45) is 0.906. The van der Waals surface area contributed by atoms with Gasteiger partial charge >= 0.3 is 0 Å². The number of nitrogens with one attached hydrogen (secondary N) is 1. The van der Waals surface area contributed by atoms with Crippen molar-refractivity contribution < 1.29 is 4.79 Å². The number of benzene rings is 3. The number of aryl methyl sites for hydroxylation is 1. The van der Waals surface area contributed by atoms with E-state index in [1.807, 2.05) is 49.0 Å². The van der Waals surface area contributed by atoms with E-state index >= 15 is 0 Å². The average Bonchev–Trinajstić information content (AvgIpc) is 2.80. The second kappa shape index (κ2) is 8.04. The molecule has 1 aromatic heterocycles. The lowest BCUT2D eigenvalue weighted by molar-refractivity contribution is 0.0935. The molecule has 1 N–H and O–H groups in total. The fraction of sp³-hybridized carbons (Fsp3) is 0.160. The highest BCUT2D eigenvalue weighted by Gasteiger charge is 2.22. The molecule has 1 atom stereocenters. The minimum atomic E-state index is -0.114. The molecule has 3 aromatic carbocycles. The van der Waals surface area contributed by atoms with Crippen LogP contribution in [0.5, 0.6) is 0 Å². The van der Waals surface area contributed by atoms with Crippen LogP contribution in [-0.4, -0.2) is 21.2 Å². The summed E-state index contributed by atoms with van der Waals surface area (Å²) in [4.78, 5) is 31.7. The van der Waals surface area contributed by atoms with Gasteiger partial charge in [-0.05, 0) is 61.4 Å². The highest BCUT2D eigenvalue weighted by atomic mass is 32.2. The minimum Gasteiger partial charge on any atom is -0.345 e. The van der Waals surface area contributed by atoms with Gasteiger partial charge in [-0.2, -0.15) is 0 Å². The van der Waals surface area contributed by atoms with Gasteiger partial charge in [0.15, 0.2) is 0 Å². The Morgan fingerprint density at radius 3 is 2.61 bits per heavy atom. The SMILES string of the molecule is Cc1nc2ccccc2c(=O)n1-c1ccc(C(=O)N[C@H]2CCSc3ccccc32)cc1. The van der Waals surface area contributed by atoms with Gasteiger partial charge < -0.3 is 5.32 Å². The summed E-state index contributed by atoms with van der Waals surface area (Å²) in [6, 6.07) is 22.7. The van der Waals surface area contributed by atoms with Crippen LogP contribution < -0.4 is 10.9 Å². The van der Waals surface area contributed by atoms with E-state index < -0.39 is 0 Å². The fourth-order valence-electron chi connectivity index (χ4n) is 4.04. The zero-order valence-electron chi connectivity index (χ0n) is 17.0. The van der Waals surface area contributed by atoms with Gasteiger partial charge in [0.1, 0.15) is 5.82 Å². The van der Waals surface area contributed by atoms with E-state index in [4.69, 9.17) is 0 Å². The average molecular weight is 428 g/mol.